The molecule has 0 aliphatic carbocycles. The van der Waals surface area contributed by atoms with Crippen molar-refractivity contribution in [3.8, 4) is 22.6 Å². The van der Waals surface area contributed by atoms with Crippen molar-refractivity contribution >= 4 is 11.4 Å². The molecule has 1 atom stereocenters. The summed E-state index contributed by atoms with van der Waals surface area (Å²) in [5, 5.41) is 2.68. The molecular formula is C27H28F2N4O4. The summed E-state index contributed by atoms with van der Waals surface area (Å²) in [5.41, 5.74) is 3.22. The molecule has 0 spiro atoms. The molecule has 0 fully saturated rings. The molecule has 0 radical (unpaired) electrons. The smallest absolute Gasteiger partial charge is 0.387 e. The molecule has 1 amide bonds. The Morgan fingerprint density at radius 2 is 1.89 bits per heavy atom. The zero-order chi connectivity index (χ0) is 26.7. The van der Waals surface area contributed by atoms with Gasteiger partial charge in [-0.3, -0.25) is 14.0 Å². The van der Waals surface area contributed by atoms with Crippen molar-refractivity contribution in [3.63, 3.8) is 0 Å². The van der Waals surface area contributed by atoms with E-state index in [1.165, 1.54) is 6.07 Å². The number of rotatable bonds is 9. The van der Waals surface area contributed by atoms with Crippen LogP contribution < -0.4 is 20.3 Å². The number of fused-ring (bicyclic) bond motifs is 1. The first-order valence-corrected chi connectivity index (χ1v) is 11.8. The lowest BCUT2D eigenvalue weighted by Crippen LogP contribution is -2.29. The van der Waals surface area contributed by atoms with E-state index in [0.717, 1.165) is 28.8 Å². The number of carbonyl (C=O) groups excluding carboxylic acids is 1. The number of aromatic nitrogens is 3. The fraction of sp³-hybridized carbons (Fsp3) is 0.296. The Morgan fingerprint density at radius 3 is 2.54 bits per heavy atom. The van der Waals surface area contributed by atoms with E-state index in [1.807, 2.05) is 30.3 Å². The summed E-state index contributed by atoms with van der Waals surface area (Å²) >= 11 is 0. The van der Waals surface area contributed by atoms with E-state index in [-0.39, 0.29) is 29.5 Å². The summed E-state index contributed by atoms with van der Waals surface area (Å²) < 4.78 is 37.3. The minimum Gasteiger partial charge on any atom is -0.497 e. The van der Waals surface area contributed by atoms with E-state index < -0.39 is 18.1 Å². The normalized spacial score (nSPS) is 12.1. The van der Waals surface area contributed by atoms with Crippen molar-refractivity contribution in [1.29, 1.82) is 0 Å². The number of nitrogens with one attached hydrogen (secondary N) is 2. The van der Waals surface area contributed by atoms with Crippen molar-refractivity contribution in [3.05, 3.63) is 81.8 Å². The molecule has 0 saturated carbocycles. The van der Waals surface area contributed by atoms with E-state index in [2.05, 4.69) is 33.9 Å². The van der Waals surface area contributed by atoms with Gasteiger partial charge in [0.25, 0.3) is 11.5 Å². The minimum absolute atomic E-state index is 0.104. The standard InChI is InChI=1S/C27H28F2N4O4/c1-5-15(2)24-21-11-18(17-6-8-19(36-4)9-7-17)12-22(33(21)14-31-24)26(35)30-13-20-23(37-27(28)29)10-16(3)32-25(20)34/h6-12,14-15,27H,5,13H2,1-4H3,(H,30,35)(H,32,34). The number of carbonyl (C=O) groups is 1. The lowest BCUT2D eigenvalue weighted by molar-refractivity contribution is -0.0506. The van der Waals surface area contributed by atoms with Crippen molar-refractivity contribution in [2.45, 2.75) is 46.3 Å². The maximum Gasteiger partial charge on any atom is 0.387 e. The number of hydrogen-bond donors (Lipinski definition) is 2. The highest BCUT2D eigenvalue weighted by molar-refractivity contribution is 5.95. The first-order valence-electron chi connectivity index (χ1n) is 11.8. The van der Waals surface area contributed by atoms with Crippen LogP contribution in [0.2, 0.25) is 0 Å². The lowest BCUT2D eigenvalue weighted by Gasteiger charge is -2.14. The quantitative estimate of drug-likeness (QED) is 0.328. The topological polar surface area (TPSA) is 97.7 Å². The van der Waals surface area contributed by atoms with Gasteiger partial charge in [-0.25, -0.2) is 4.98 Å². The first-order chi connectivity index (χ1) is 17.7. The van der Waals surface area contributed by atoms with E-state index in [0.29, 0.717) is 11.4 Å². The Hall–Kier alpha value is -4.21. The summed E-state index contributed by atoms with van der Waals surface area (Å²) in [6.07, 6.45) is 2.46. The summed E-state index contributed by atoms with van der Waals surface area (Å²) in [5.74, 6) is 0.0802. The molecule has 4 rings (SSSR count). The molecular weight excluding hydrogens is 482 g/mol. The molecule has 8 nitrogen and oxygen atoms in total. The van der Waals surface area contributed by atoms with Crippen LogP contribution in [-0.4, -0.2) is 34.0 Å². The largest absolute Gasteiger partial charge is 0.497 e. The molecule has 3 heterocycles. The van der Waals surface area contributed by atoms with Crippen molar-refractivity contribution in [1.82, 2.24) is 19.7 Å². The van der Waals surface area contributed by atoms with Crippen molar-refractivity contribution in [2.24, 2.45) is 0 Å². The number of H-pyrrole nitrogens is 1. The van der Waals surface area contributed by atoms with Gasteiger partial charge in [-0.1, -0.05) is 26.0 Å². The molecule has 3 aromatic heterocycles. The fourth-order valence-corrected chi connectivity index (χ4v) is 4.13. The van der Waals surface area contributed by atoms with Gasteiger partial charge < -0.3 is 19.8 Å². The molecule has 37 heavy (non-hydrogen) atoms. The van der Waals surface area contributed by atoms with Crippen LogP contribution in [0, 0.1) is 6.92 Å². The van der Waals surface area contributed by atoms with Crippen molar-refractivity contribution < 1.29 is 23.0 Å². The Bertz CT molecular complexity index is 1480. The highest BCUT2D eigenvalue weighted by atomic mass is 19.3. The third-order valence-corrected chi connectivity index (χ3v) is 6.28. The van der Waals surface area contributed by atoms with Crippen LogP contribution in [0.3, 0.4) is 0 Å². The second-order valence-electron chi connectivity index (χ2n) is 8.74. The third-order valence-electron chi connectivity index (χ3n) is 6.28. The zero-order valence-electron chi connectivity index (χ0n) is 21.0. The van der Waals surface area contributed by atoms with Crippen LogP contribution in [0.5, 0.6) is 11.5 Å². The van der Waals surface area contributed by atoms with E-state index >= 15 is 0 Å². The fourth-order valence-electron chi connectivity index (χ4n) is 4.13. The number of nitrogens with zero attached hydrogens (tertiary/aromatic N) is 2. The predicted octanol–water partition coefficient (Wildman–Crippen LogP) is 5.05. The molecule has 0 bridgehead atoms. The third kappa shape index (κ3) is 5.47. The first kappa shape index (κ1) is 25.9. The minimum atomic E-state index is -3.11. The molecule has 0 aliphatic heterocycles. The van der Waals surface area contributed by atoms with Gasteiger partial charge in [0.15, 0.2) is 0 Å². The predicted molar refractivity (Wildman–Crippen MR) is 135 cm³/mol. The van der Waals surface area contributed by atoms with Gasteiger partial charge in [0.2, 0.25) is 0 Å². The van der Waals surface area contributed by atoms with Gasteiger partial charge >= 0.3 is 6.61 Å². The Balaban J connectivity index is 1.74. The van der Waals surface area contributed by atoms with Gasteiger partial charge in [-0.15, -0.1) is 0 Å². The number of imidazole rings is 1. The summed E-state index contributed by atoms with van der Waals surface area (Å²) in [6, 6.07) is 12.5. The van der Waals surface area contributed by atoms with Crippen LogP contribution in [0.15, 0.2) is 53.6 Å². The van der Waals surface area contributed by atoms with Gasteiger partial charge in [-0.2, -0.15) is 8.78 Å². The van der Waals surface area contributed by atoms with Crippen LogP contribution >= 0.6 is 0 Å². The average Bonchev–Trinajstić information content (AvgIpc) is 3.30. The Labute approximate surface area is 212 Å². The number of pyridine rings is 2. The molecule has 1 aromatic carbocycles. The molecule has 1 unspecified atom stereocenters. The molecule has 10 heteroatoms. The van der Waals surface area contributed by atoms with Gasteiger partial charge in [-0.05, 0) is 48.7 Å². The number of amides is 1. The lowest BCUT2D eigenvalue weighted by atomic mass is 10.0. The number of halogens is 2. The number of methoxy groups -OCH3 is 1. The SMILES string of the molecule is CCC(C)c1ncn2c(C(=O)NCc3c(OC(F)F)cc(C)[nH]c3=O)cc(-c3ccc(OC)cc3)cc12. The molecule has 0 aliphatic rings. The van der Waals surface area contributed by atoms with E-state index in [9.17, 15) is 18.4 Å². The van der Waals surface area contributed by atoms with Crippen molar-refractivity contribution in [2.75, 3.05) is 7.11 Å². The van der Waals surface area contributed by atoms with Gasteiger partial charge in [0.05, 0.1) is 30.4 Å². The summed E-state index contributed by atoms with van der Waals surface area (Å²) in [7, 11) is 1.59. The number of hydrogen-bond acceptors (Lipinski definition) is 5. The zero-order valence-corrected chi connectivity index (χ0v) is 21.0. The van der Waals surface area contributed by atoms with Crippen LogP contribution in [-0.2, 0) is 6.54 Å². The number of aromatic amines is 1. The average molecular weight is 511 g/mol. The Morgan fingerprint density at radius 1 is 1.16 bits per heavy atom. The monoisotopic (exact) mass is 510 g/mol. The van der Waals surface area contributed by atoms with Crippen LogP contribution in [0.4, 0.5) is 8.78 Å². The van der Waals surface area contributed by atoms with E-state index in [4.69, 9.17) is 4.74 Å². The number of aryl methyl sites for hydroxylation is 1. The number of ether oxygens (including phenoxy) is 2. The molecule has 2 N–H and O–H groups in total. The highest BCUT2D eigenvalue weighted by Gasteiger charge is 2.20. The second kappa shape index (κ2) is 10.8. The van der Waals surface area contributed by atoms with Crippen LogP contribution in [0.25, 0.3) is 16.6 Å². The summed E-state index contributed by atoms with van der Waals surface area (Å²) in [4.78, 5) is 33.0. The van der Waals surface area contributed by atoms with Crippen LogP contribution in [0.1, 0.15) is 53.6 Å². The maximum atomic E-state index is 13.4. The molecule has 194 valence electrons. The second-order valence-corrected chi connectivity index (χ2v) is 8.74. The summed E-state index contributed by atoms with van der Waals surface area (Å²) in [6.45, 7) is 2.27. The van der Waals surface area contributed by atoms with Gasteiger partial charge in [0, 0.05) is 17.7 Å². The number of alkyl halides is 2. The molecule has 4 aromatic rings. The maximum absolute atomic E-state index is 13.4. The highest BCUT2D eigenvalue weighted by Crippen LogP contribution is 2.30. The molecule has 0 saturated heterocycles. The Kier molecular flexibility index (Phi) is 7.56. The number of benzene rings is 1. The van der Waals surface area contributed by atoms with E-state index in [1.54, 1.807) is 30.8 Å². The van der Waals surface area contributed by atoms with Gasteiger partial charge in [0.1, 0.15) is 23.5 Å².